The zero-order valence-electron chi connectivity index (χ0n) is 11.1. The van der Waals surface area contributed by atoms with Gasteiger partial charge in [-0.1, -0.05) is 0 Å². The highest BCUT2D eigenvalue weighted by Gasteiger charge is 2.29. The standard InChI is InChI=1S/C13H21N3O2/c1-3-16(11-9-14-10-11)13(17)12-5-4-6-15(12)7-8-18-2/h4-6,11,14H,3,7-10H2,1-2H3. The Morgan fingerprint density at radius 2 is 2.39 bits per heavy atom. The van der Waals surface area contributed by atoms with E-state index < -0.39 is 0 Å². The number of methoxy groups -OCH3 is 1. The van der Waals surface area contributed by atoms with Crippen molar-refractivity contribution in [3.05, 3.63) is 24.0 Å². The van der Waals surface area contributed by atoms with E-state index in [2.05, 4.69) is 5.32 Å². The van der Waals surface area contributed by atoms with Crippen LogP contribution in [0.3, 0.4) is 0 Å². The van der Waals surface area contributed by atoms with Crippen LogP contribution in [0.2, 0.25) is 0 Å². The van der Waals surface area contributed by atoms with E-state index in [1.807, 2.05) is 34.7 Å². The summed E-state index contributed by atoms with van der Waals surface area (Å²) in [6.45, 7) is 5.91. The van der Waals surface area contributed by atoms with Gasteiger partial charge >= 0.3 is 0 Å². The first-order valence-corrected chi connectivity index (χ1v) is 6.43. The van der Waals surface area contributed by atoms with Crippen LogP contribution in [-0.2, 0) is 11.3 Å². The average Bonchev–Trinajstić information content (AvgIpc) is 2.78. The number of likely N-dealkylation sites (N-methyl/N-ethyl adjacent to an activating group) is 1. The molecule has 100 valence electrons. The molecule has 1 saturated heterocycles. The van der Waals surface area contributed by atoms with Crippen molar-refractivity contribution in [3.63, 3.8) is 0 Å². The third-order valence-corrected chi connectivity index (χ3v) is 3.39. The number of aromatic nitrogens is 1. The lowest BCUT2D eigenvalue weighted by Gasteiger charge is -2.37. The van der Waals surface area contributed by atoms with Crippen LogP contribution in [-0.4, -0.2) is 54.8 Å². The maximum atomic E-state index is 12.5. The second kappa shape index (κ2) is 6.02. The second-order valence-electron chi connectivity index (χ2n) is 4.48. The molecule has 0 atom stereocenters. The zero-order valence-corrected chi connectivity index (χ0v) is 11.1. The van der Waals surface area contributed by atoms with Gasteiger partial charge in [0.25, 0.3) is 5.91 Å². The maximum absolute atomic E-state index is 12.5. The van der Waals surface area contributed by atoms with E-state index in [0.29, 0.717) is 19.2 Å². The lowest BCUT2D eigenvalue weighted by atomic mass is 10.1. The topological polar surface area (TPSA) is 46.5 Å². The molecular weight excluding hydrogens is 230 g/mol. The highest BCUT2D eigenvalue weighted by atomic mass is 16.5. The van der Waals surface area contributed by atoms with Crippen molar-refractivity contribution >= 4 is 5.91 Å². The molecule has 1 aliphatic rings. The van der Waals surface area contributed by atoms with Gasteiger partial charge in [0.15, 0.2) is 0 Å². The van der Waals surface area contributed by atoms with Crippen molar-refractivity contribution < 1.29 is 9.53 Å². The molecule has 0 unspecified atom stereocenters. The second-order valence-corrected chi connectivity index (χ2v) is 4.48. The molecule has 1 N–H and O–H groups in total. The fourth-order valence-electron chi connectivity index (χ4n) is 2.20. The Bertz CT molecular complexity index is 399. The fourth-order valence-corrected chi connectivity index (χ4v) is 2.20. The van der Waals surface area contributed by atoms with Crippen LogP contribution in [0.4, 0.5) is 0 Å². The van der Waals surface area contributed by atoms with Crippen molar-refractivity contribution in [2.24, 2.45) is 0 Å². The number of carbonyl (C=O) groups excluding carboxylic acids is 1. The van der Waals surface area contributed by atoms with Gasteiger partial charge in [-0.15, -0.1) is 0 Å². The lowest BCUT2D eigenvalue weighted by molar-refractivity contribution is 0.0617. The summed E-state index contributed by atoms with van der Waals surface area (Å²) in [7, 11) is 1.67. The molecule has 0 aliphatic carbocycles. The van der Waals surface area contributed by atoms with Crippen LogP contribution in [0.25, 0.3) is 0 Å². The van der Waals surface area contributed by atoms with Gasteiger partial charge in [0, 0.05) is 39.5 Å². The van der Waals surface area contributed by atoms with Crippen LogP contribution in [0.1, 0.15) is 17.4 Å². The molecule has 5 nitrogen and oxygen atoms in total. The van der Waals surface area contributed by atoms with Gasteiger partial charge in [0.2, 0.25) is 0 Å². The van der Waals surface area contributed by atoms with Gasteiger partial charge in [-0.3, -0.25) is 4.79 Å². The normalized spacial score (nSPS) is 15.4. The van der Waals surface area contributed by atoms with Crippen molar-refractivity contribution in [1.29, 1.82) is 0 Å². The van der Waals surface area contributed by atoms with E-state index in [-0.39, 0.29) is 5.91 Å². The Kier molecular flexibility index (Phi) is 4.38. The summed E-state index contributed by atoms with van der Waals surface area (Å²) < 4.78 is 7.02. The van der Waals surface area contributed by atoms with E-state index in [1.165, 1.54) is 0 Å². The number of hydrogen-bond donors (Lipinski definition) is 1. The van der Waals surface area contributed by atoms with Gasteiger partial charge in [-0.25, -0.2) is 0 Å². The third-order valence-electron chi connectivity index (χ3n) is 3.39. The molecule has 2 rings (SSSR count). The highest BCUT2D eigenvalue weighted by molar-refractivity contribution is 5.93. The third kappa shape index (κ3) is 2.57. The minimum absolute atomic E-state index is 0.116. The number of nitrogens with zero attached hydrogens (tertiary/aromatic N) is 2. The van der Waals surface area contributed by atoms with Crippen molar-refractivity contribution in [2.45, 2.75) is 19.5 Å². The predicted octanol–water partition coefficient (Wildman–Crippen LogP) is 0.568. The zero-order chi connectivity index (χ0) is 13.0. The minimum atomic E-state index is 0.116. The monoisotopic (exact) mass is 251 g/mol. The number of amides is 1. The molecular formula is C13H21N3O2. The molecule has 0 bridgehead atoms. The smallest absolute Gasteiger partial charge is 0.270 e. The summed E-state index contributed by atoms with van der Waals surface area (Å²) >= 11 is 0. The largest absolute Gasteiger partial charge is 0.383 e. The number of nitrogens with one attached hydrogen (secondary N) is 1. The van der Waals surface area contributed by atoms with Gasteiger partial charge in [-0.2, -0.15) is 0 Å². The molecule has 18 heavy (non-hydrogen) atoms. The maximum Gasteiger partial charge on any atom is 0.270 e. The summed E-state index contributed by atoms with van der Waals surface area (Å²) in [5.74, 6) is 0.116. The highest BCUT2D eigenvalue weighted by Crippen LogP contribution is 2.12. The van der Waals surface area contributed by atoms with Crippen LogP contribution in [0.5, 0.6) is 0 Å². The molecule has 0 saturated carbocycles. The number of carbonyl (C=O) groups is 1. The van der Waals surface area contributed by atoms with Crippen molar-refractivity contribution in [1.82, 2.24) is 14.8 Å². The quantitative estimate of drug-likeness (QED) is 0.804. The molecule has 0 radical (unpaired) electrons. The Labute approximate surface area is 108 Å². The van der Waals surface area contributed by atoms with Crippen molar-refractivity contribution in [2.75, 3.05) is 33.4 Å². The van der Waals surface area contributed by atoms with E-state index >= 15 is 0 Å². The minimum Gasteiger partial charge on any atom is -0.383 e. The SMILES string of the molecule is CCN(C(=O)c1cccn1CCOC)C1CNC1. The van der Waals surface area contributed by atoms with Crippen LogP contribution in [0, 0.1) is 0 Å². The summed E-state index contributed by atoms with van der Waals surface area (Å²) in [6.07, 6.45) is 1.93. The number of ether oxygens (including phenoxy) is 1. The average molecular weight is 251 g/mol. The Morgan fingerprint density at radius 1 is 1.61 bits per heavy atom. The first kappa shape index (κ1) is 13.1. The lowest BCUT2D eigenvalue weighted by Crippen LogP contribution is -2.59. The van der Waals surface area contributed by atoms with E-state index in [1.54, 1.807) is 7.11 Å². The number of hydrogen-bond acceptors (Lipinski definition) is 3. The first-order valence-electron chi connectivity index (χ1n) is 6.43. The molecule has 0 aromatic carbocycles. The molecule has 5 heteroatoms. The van der Waals surface area contributed by atoms with Crippen molar-refractivity contribution in [3.8, 4) is 0 Å². The summed E-state index contributed by atoms with van der Waals surface area (Å²) in [4.78, 5) is 14.4. The Hall–Kier alpha value is -1.33. The molecule has 1 aliphatic heterocycles. The molecule has 1 amide bonds. The van der Waals surface area contributed by atoms with Gasteiger partial charge in [0.1, 0.15) is 5.69 Å². The summed E-state index contributed by atoms with van der Waals surface area (Å²) in [5, 5.41) is 3.20. The van der Waals surface area contributed by atoms with E-state index in [9.17, 15) is 4.79 Å². The fraction of sp³-hybridized carbons (Fsp3) is 0.615. The molecule has 2 heterocycles. The Balaban J connectivity index is 2.08. The van der Waals surface area contributed by atoms with Crippen LogP contribution >= 0.6 is 0 Å². The summed E-state index contributed by atoms with van der Waals surface area (Å²) in [6, 6.07) is 4.14. The molecule has 1 fully saturated rings. The summed E-state index contributed by atoms with van der Waals surface area (Å²) in [5.41, 5.74) is 0.751. The van der Waals surface area contributed by atoms with Gasteiger partial charge in [0.05, 0.1) is 12.6 Å². The molecule has 1 aromatic heterocycles. The first-order chi connectivity index (χ1) is 8.77. The van der Waals surface area contributed by atoms with E-state index in [0.717, 1.165) is 25.3 Å². The van der Waals surface area contributed by atoms with Crippen LogP contribution in [0.15, 0.2) is 18.3 Å². The molecule has 1 aromatic rings. The van der Waals surface area contributed by atoms with Gasteiger partial charge in [-0.05, 0) is 19.1 Å². The predicted molar refractivity (Wildman–Crippen MR) is 69.7 cm³/mol. The number of rotatable bonds is 6. The van der Waals surface area contributed by atoms with E-state index in [4.69, 9.17) is 4.74 Å². The van der Waals surface area contributed by atoms with Gasteiger partial charge < -0.3 is 19.5 Å². The molecule has 0 spiro atoms. The Morgan fingerprint density at radius 3 is 2.94 bits per heavy atom. The van der Waals surface area contributed by atoms with Crippen LogP contribution < -0.4 is 5.32 Å².